The second kappa shape index (κ2) is 12.4. The van der Waals surface area contributed by atoms with E-state index in [2.05, 4.69) is 25.4 Å². The number of carboxylic acid groups (broad SMARTS) is 1. The highest BCUT2D eigenvalue weighted by Crippen LogP contribution is 2.52. The lowest BCUT2D eigenvalue weighted by Crippen LogP contribution is -2.51. The van der Waals surface area contributed by atoms with E-state index < -0.39 is 23.9 Å². The van der Waals surface area contributed by atoms with Crippen molar-refractivity contribution in [2.45, 2.75) is 6.18 Å². The maximum atomic E-state index is 13.9. The van der Waals surface area contributed by atoms with Gasteiger partial charge < -0.3 is 29.7 Å². The fourth-order valence-electron chi connectivity index (χ4n) is 6.67. The molecule has 15 nitrogen and oxygen atoms in total. The number of imidazole rings is 1. The summed E-state index contributed by atoms with van der Waals surface area (Å²) in [6, 6.07) is 5.82. The Kier molecular flexibility index (Phi) is 8.20. The molecule has 2 aliphatic heterocycles. The molecule has 3 aliphatic rings. The van der Waals surface area contributed by atoms with Crippen molar-refractivity contribution in [3.8, 4) is 17.2 Å². The summed E-state index contributed by atoms with van der Waals surface area (Å²) in [6.45, 7) is 1.99. The quantitative estimate of drug-likeness (QED) is 0.305. The van der Waals surface area contributed by atoms with Crippen LogP contribution in [-0.2, 0) is 18.0 Å². The lowest BCUT2D eigenvalue weighted by Gasteiger charge is -2.35. The smallest absolute Gasteiger partial charge is 0.435 e. The Morgan fingerprint density at radius 1 is 0.960 bits per heavy atom. The molecule has 3 aromatic heterocycles. The van der Waals surface area contributed by atoms with Gasteiger partial charge in [0.05, 0.1) is 28.0 Å². The summed E-state index contributed by atoms with van der Waals surface area (Å²) in [5, 5.41) is 15.5. The normalized spacial score (nSPS) is 20.1. The van der Waals surface area contributed by atoms with E-state index in [0.717, 1.165) is 17.1 Å². The maximum absolute atomic E-state index is 13.9. The van der Waals surface area contributed by atoms with Crippen LogP contribution in [0.2, 0.25) is 5.02 Å². The second-order valence-corrected chi connectivity index (χ2v) is 12.6. The third-order valence-corrected chi connectivity index (χ3v) is 9.61. The van der Waals surface area contributed by atoms with E-state index in [0.29, 0.717) is 26.2 Å². The van der Waals surface area contributed by atoms with E-state index >= 15 is 0 Å². The van der Waals surface area contributed by atoms with E-state index in [1.807, 2.05) is 0 Å². The van der Waals surface area contributed by atoms with Gasteiger partial charge in [-0.25, -0.2) is 24.4 Å². The van der Waals surface area contributed by atoms with Gasteiger partial charge in [-0.15, -0.1) is 0 Å². The number of hydrogen-bond donors (Lipinski definition) is 2. The predicted molar refractivity (Wildman–Crippen MR) is 168 cm³/mol. The lowest BCUT2D eigenvalue weighted by atomic mass is 10.1. The van der Waals surface area contributed by atoms with Gasteiger partial charge in [-0.1, -0.05) is 11.6 Å². The molecule has 260 valence electrons. The van der Waals surface area contributed by atoms with Crippen LogP contribution in [0.15, 0.2) is 49.1 Å². The number of piperazine rings is 1. The standard InChI is InChI=1S/C31H28ClF3N10O5/c1-41-22(20-15-45(29-36-5-2-6-37-29)40-24(20)31(33,34)35)12-38-25(41)26(46)39-16-3-4-17(21(32)11-16)27(47)42-7-9-43(10-8-42)28(48)23-18-13-44(30(49)50)14-19(18)23/h2-6,11-12,15,18-19,23H,7-10,13-14H2,1H3,(H,39,46)(H,49,50)/t18-,19+,23-. The Morgan fingerprint density at radius 3 is 2.24 bits per heavy atom. The molecule has 0 spiro atoms. The molecule has 3 atom stereocenters. The van der Waals surface area contributed by atoms with Crippen molar-refractivity contribution in [3.63, 3.8) is 0 Å². The molecule has 7 rings (SSSR count). The average molecular weight is 713 g/mol. The minimum Gasteiger partial charge on any atom is -0.465 e. The van der Waals surface area contributed by atoms with Gasteiger partial charge in [0.1, 0.15) is 0 Å². The monoisotopic (exact) mass is 712 g/mol. The topological polar surface area (TPSA) is 172 Å². The molecule has 2 N–H and O–H groups in total. The summed E-state index contributed by atoms with van der Waals surface area (Å²) in [6.07, 6.45) is -0.836. The van der Waals surface area contributed by atoms with E-state index in [1.165, 1.54) is 53.2 Å². The Labute approximate surface area is 286 Å². The van der Waals surface area contributed by atoms with Crippen LogP contribution in [0.4, 0.5) is 23.7 Å². The van der Waals surface area contributed by atoms with Gasteiger partial charge in [0, 0.05) is 76.5 Å². The molecule has 2 saturated heterocycles. The van der Waals surface area contributed by atoms with Gasteiger partial charge in [-0.05, 0) is 36.1 Å². The zero-order valence-electron chi connectivity index (χ0n) is 26.2. The van der Waals surface area contributed by atoms with Crippen LogP contribution in [-0.4, -0.2) is 112 Å². The highest BCUT2D eigenvalue weighted by Gasteiger charge is 2.61. The number of likely N-dealkylation sites (tertiary alicyclic amines) is 1. The highest BCUT2D eigenvalue weighted by atomic mass is 35.5. The molecule has 4 amide bonds. The zero-order valence-corrected chi connectivity index (χ0v) is 27.0. The van der Waals surface area contributed by atoms with Gasteiger partial charge >= 0.3 is 12.3 Å². The van der Waals surface area contributed by atoms with Crippen LogP contribution in [0, 0.1) is 17.8 Å². The van der Waals surface area contributed by atoms with Crippen LogP contribution in [0.25, 0.3) is 17.2 Å². The Balaban J connectivity index is 0.988. The summed E-state index contributed by atoms with van der Waals surface area (Å²) in [7, 11) is 1.39. The molecule has 4 aromatic rings. The number of fused-ring (bicyclic) bond motifs is 1. The van der Waals surface area contributed by atoms with Crippen molar-refractivity contribution in [2.75, 3.05) is 44.6 Å². The molecule has 3 fully saturated rings. The molecular formula is C31H28ClF3N10O5. The molecule has 1 aromatic carbocycles. The van der Waals surface area contributed by atoms with E-state index in [9.17, 15) is 32.3 Å². The molecule has 1 saturated carbocycles. The van der Waals surface area contributed by atoms with Crippen molar-refractivity contribution in [1.29, 1.82) is 0 Å². The number of piperidine rings is 1. The first kappa shape index (κ1) is 33.0. The SMILES string of the molecule is Cn1c(-c2cn(-c3ncccn3)nc2C(F)(F)F)cnc1C(=O)Nc1ccc(C(=O)N2CCN(C(=O)[C@@H]3[C@@H]4CN(C(=O)O)C[C@@H]43)CC2)c(Cl)c1. The first-order valence-corrected chi connectivity index (χ1v) is 15.8. The second-order valence-electron chi connectivity index (χ2n) is 12.2. The third-order valence-electron chi connectivity index (χ3n) is 9.29. The van der Waals surface area contributed by atoms with Gasteiger partial charge in [0.2, 0.25) is 11.9 Å². The number of halogens is 4. The van der Waals surface area contributed by atoms with Crippen molar-refractivity contribution in [3.05, 3.63) is 71.2 Å². The molecule has 19 heteroatoms. The van der Waals surface area contributed by atoms with Crippen LogP contribution in [0.1, 0.15) is 26.7 Å². The van der Waals surface area contributed by atoms with E-state index in [-0.39, 0.29) is 82.0 Å². The molecule has 50 heavy (non-hydrogen) atoms. The van der Waals surface area contributed by atoms with Crippen molar-refractivity contribution < 1.29 is 37.5 Å². The van der Waals surface area contributed by atoms with Crippen LogP contribution in [0.3, 0.4) is 0 Å². The molecule has 0 unspecified atom stereocenters. The first-order chi connectivity index (χ1) is 23.8. The Bertz CT molecular complexity index is 2000. The summed E-state index contributed by atoms with van der Waals surface area (Å²) < 4.78 is 43.9. The summed E-state index contributed by atoms with van der Waals surface area (Å²) in [4.78, 5) is 67.2. The zero-order chi connectivity index (χ0) is 35.5. The van der Waals surface area contributed by atoms with Gasteiger partial charge in [0.15, 0.2) is 11.5 Å². The number of alkyl halides is 3. The molecule has 5 heterocycles. The maximum Gasteiger partial charge on any atom is 0.435 e. The number of carbonyl (C=O) groups is 4. The van der Waals surface area contributed by atoms with Crippen molar-refractivity contribution in [1.82, 2.24) is 44.0 Å². The number of anilines is 1. The summed E-state index contributed by atoms with van der Waals surface area (Å²) in [5.41, 5.74) is -1.17. The minimum absolute atomic E-state index is 0.00672. The number of benzene rings is 1. The van der Waals surface area contributed by atoms with Gasteiger partial charge in [-0.3, -0.25) is 14.4 Å². The minimum atomic E-state index is -4.83. The number of nitrogens with one attached hydrogen (secondary N) is 1. The Morgan fingerprint density at radius 2 is 1.62 bits per heavy atom. The summed E-state index contributed by atoms with van der Waals surface area (Å²) in [5.74, 6) is -1.44. The first-order valence-electron chi connectivity index (χ1n) is 15.4. The van der Waals surface area contributed by atoms with Gasteiger partial charge in [0.25, 0.3) is 11.8 Å². The van der Waals surface area contributed by atoms with Crippen LogP contribution >= 0.6 is 11.6 Å². The number of amides is 4. The molecule has 0 radical (unpaired) electrons. The lowest BCUT2D eigenvalue weighted by molar-refractivity contribution is -0.141. The number of carbonyl (C=O) groups excluding carboxylic acids is 3. The third kappa shape index (κ3) is 5.99. The number of rotatable bonds is 6. The predicted octanol–water partition coefficient (Wildman–Crippen LogP) is 3.13. The highest BCUT2D eigenvalue weighted by molar-refractivity contribution is 6.34. The Hall–Kier alpha value is -5.52. The molecular weight excluding hydrogens is 685 g/mol. The average Bonchev–Trinajstić information content (AvgIpc) is 3.47. The fourth-order valence-corrected chi connectivity index (χ4v) is 6.93. The number of hydrogen-bond acceptors (Lipinski definition) is 8. The molecule has 0 bridgehead atoms. The van der Waals surface area contributed by atoms with E-state index in [1.54, 1.807) is 9.80 Å². The molecule has 1 aliphatic carbocycles. The van der Waals surface area contributed by atoms with Crippen molar-refractivity contribution in [2.24, 2.45) is 24.8 Å². The number of aromatic nitrogens is 6. The van der Waals surface area contributed by atoms with Crippen molar-refractivity contribution >= 4 is 41.1 Å². The number of nitrogens with zero attached hydrogens (tertiary/aromatic N) is 9. The largest absolute Gasteiger partial charge is 0.465 e. The van der Waals surface area contributed by atoms with Crippen LogP contribution < -0.4 is 5.32 Å². The van der Waals surface area contributed by atoms with E-state index in [4.69, 9.17) is 16.7 Å². The van der Waals surface area contributed by atoms with Gasteiger partial charge in [-0.2, -0.15) is 18.3 Å². The summed E-state index contributed by atoms with van der Waals surface area (Å²) >= 11 is 6.46. The fraction of sp³-hybridized carbons (Fsp3) is 0.355. The van der Waals surface area contributed by atoms with Crippen LogP contribution in [0.5, 0.6) is 0 Å².